The lowest BCUT2D eigenvalue weighted by Gasteiger charge is -2.21. The van der Waals surface area contributed by atoms with Crippen molar-refractivity contribution in [3.63, 3.8) is 0 Å². The van der Waals surface area contributed by atoms with Gasteiger partial charge in [0, 0.05) is 30.7 Å². The molecule has 2 aromatic carbocycles. The molecule has 0 aromatic heterocycles. The molecule has 24 heavy (non-hydrogen) atoms. The predicted molar refractivity (Wildman–Crippen MR) is 95.8 cm³/mol. The highest BCUT2D eigenvalue weighted by Gasteiger charge is 2.16. The zero-order valence-electron chi connectivity index (χ0n) is 13.5. The molecule has 2 aromatic rings. The number of benzene rings is 2. The van der Waals surface area contributed by atoms with Gasteiger partial charge >= 0.3 is 0 Å². The second-order valence-electron chi connectivity index (χ2n) is 5.31. The Labute approximate surface area is 147 Å². The molecular formula is C17H19ClN2O3S. The summed E-state index contributed by atoms with van der Waals surface area (Å²) in [6.07, 6.45) is 0. The molecule has 0 radical (unpaired) electrons. The molecule has 0 atom stereocenters. The van der Waals surface area contributed by atoms with Gasteiger partial charge in [-0.2, -0.15) is 0 Å². The molecule has 0 saturated carbocycles. The second-order valence-corrected chi connectivity index (χ2v) is 7.49. The monoisotopic (exact) mass is 366 g/mol. The largest absolute Gasteiger partial charge is 0.311 e. The molecule has 0 unspecified atom stereocenters. The summed E-state index contributed by atoms with van der Waals surface area (Å²) in [4.78, 5) is 13.5. The molecule has 7 heteroatoms. The molecule has 2 rings (SSSR count). The first kappa shape index (κ1) is 18.4. The Morgan fingerprint density at radius 1 is 1.17 bits per heavy atom. The molecule has 0 saturated heterocycles. The average Bonchev–Trinajstić information content (AvgIpc) is 2.54. The molecule has 0 aliphatic rings. The first-order valence-corrected chi connectivity index (χ1v) is 9.26. The SMILES string of the molecule is CC(=O)N(CCNS(=O)(=O)c1ccc(Cl)c(C)c1)c1ccccc1. The first-order valence-electron chi connectivity index (χ1n) is 7.40. The number of rotatable bonds is 6. The van der Waals surface area contributed by atoms with Crippen molar-refractivity contribution in [2.45, 2.75) is 18.7 Å². The van der Waals surface area contributed by atoms with E-state index in [2.05, 4.69) is 4.72 Å². The Morgan fingerprint density at radius 2 is 1.83 bits per heavy atom. The van der Waals surface area contributed by atoms with Crippen LogP contribution in [-0.4, -0.2) is 27.4 Å². The van der Waals surface area contributed by atoms with Crippen molar-refractivity contribution < 1.29 is 13.2 Å². The Bertz CT molecular complexity index is 823. The lowest BCUT2D eigenvalue weighted by Crippen LogP contribution is -2.37. The lowest BCUT2D eigenvalue weighted by molar-refractivity contribution is -0.116. The van der Waals surface area contributed by atoms with Crippen molar-refractivity contribution in [3.05, 3.63) is 59.1 Å². The van der Waals surface area contributed by atoms with Crippen LogP contribution in [0.1, 0.15) is 12.5 Å². The maximum absolute atomic E-state index is 12.3. The van der Waals surface area contributed by atoms with Crippen molar-refractivity contribution in [2.24, 2.45) is 0 Å². The third-order valence-electron chi connectivity index (χ3n) is 3.52. The van der Waals surface area contributed by atoms with Gasteiger partial charge in [0.2, 0.25) is 15.9 Å². The minimum absolute atomic E-state index is 0.110. The van der Waals surface area contributed by atoms with Crippen LogP contribution in [0.3, 0.4) is 0 Å². The fourth-order valence-electron chi connectivity index (χ4n) is 2.24. The molecule has 0 bridgehead atoms. The van der Waals surface area contributed by atoms with E-state index >= 15 is 0 Å². The van der Waals surface area contributed by atoms with Crippen molar-refractivity contribution in [2.75, 3.05) is 18.0 Å². The smallest absolute Gasteiger partial charge is 0.240 e. The van der Waals surface area contributed by atoms with Gasteiger partial charge in [0.15, 0.2) is 0 Å². The number of hydrogen-bond donors (Lipinski definition) is 1. The predicted octanol–water partition coefficient (Wildman–Crippen LogP) is 2.98. The molecular weight excluding hydrogens is 348 g/mol. The number of para-hydroxylation sites is 1. The van der Waals surface area contributed by atoms with Gasteiger partial charge in [0.05, 0.1) is 4.90 Å². The van der Waals surface area contributed by atoms with Gasteiger partial charge in [-0.15, -0.1) is 0 Å². The topological polar surface area (TPSA) is 66.5 Å². The normalized spacial score (nSPS) is 11.3. The summed E-state index contributed by atoms with van der Waals surface area (Å²) < 4.78 is 27.2. The molecule has 128 valence electrons. The zero-order valence-corrected chi connectivity index (χ0v) is 15.1. The van der Waals surface area contributed by atoms with Gasteiger partial charge in [0.1, 0.15) is 0 Å². The average molecular weight is 367 g/mol. The van der Waals surface area contributed by atoms with E-state index in [4.69, 9.17) is 11.6 Å². The van der Waals surface area contributed by atoms with E-state index in [9.17, 15) is 13.2 Å². The Morgan fingerprint density at radius 3 is 2.42 bits per heavy atom. The van der Waals surface area contributed by atoms with Crippen LogP contribution >= 0.6 is 11.6 Å². The first-order chi connectivity index (χ1) is 11.3. The number of hydrogen-bond acceptors (Lipinski definition) is 3. The summed E-state index contributed by atoms with van der Waals surface area (Å²) in [5.74, 6) is -0.150. The molecule has 0 aliphatic heterocycles. The number of carbonyl (C=O) groups is 1. The Kier molecular flexibility index (Phi) is 5.99. The number of aryl methyl sites for hydroxylation is 1. The number of carbonyl (C=O) groups excluding carboxylic acids is 1. The fraction of sp³-hybridized carbons (Fsp3) is 0.235. The summed E-state index contributed by atoms with van der Waals surface area (Å²) in [5.41, 5.74) is 1.42. The molecule has 0 aliphatic carbocycles. The summed E-state index contributed by atoms with van der Waals surface area (Å²) in [6, 6.07) is 13.6. The minimum atomic E-state index is -3.65. The number of sulfonamides is 1. The summed E-state index contributed by atoms with van der Waals surface area (Å²) in [7, 11) is -3.65. The number of nitrogens with zero attached hydrogens (tertiary/aromatic N) is 1. The highest BCUT2D eigenvalue weighted by Crippen LogP contribution is 2.19. The Balaban J connectivity index is 2.06. The number of amides is 1. The van der Waals surface area contributed by atoms with E-state index in [1.165, 1.54) is 24.0 Å². The van der Waals surface area contributed by atoms with Gasteiger partial charge in [-0.1, -0.05) is 29.8 Å². The van der Waals surface area contributed by atoms with Crippen LogP contribution in [-0.2, 0) is 14.8 Å². The quantitative estimate of drug-likeness (QED) is 0.854. The fourth-order valence-corrected chi connectivity index (χ4v) is 3.46. The van der Waals surface area contributed by atoms with Crippen LogP contribution in [0.2, 0.25) is 5.02 Å². The van der Waals surface area contributed by atoms with Gasteiger partial charge in [-0.05, 0) is 42.8 Å². The molecule has 1 amide bonds. The maximum Gasteiger partial charge on any atom is 0.240 e. The Hall–Kier alpha value is -1.89. The van der Waals surface area contributed by atoms with Crippen molar-refractivity contribution in [3.8, 4) is 0 Å². The molecule has 0 fully saturated rings. The standard InChI is InChI=1S/C17H19ClN2O3S/c1-13-12-16(8-9-17(13)18)24(22,23)19-10-11-20(14(2)21)15-6-4-3-5-7-15/h3-9,12,19H,10-11H2,1-2H3. The van der Waals surface area contributed by atoms with Crippen molar-refractivity contribution >= 4 is 33.2 Å². The van der Waals surface area contributed by atoms with E-state index in [1.807, 2.05) is 18.2 Å². The second kappa shape index (κ2) is 7.79. The van der Waals surface area contributed by atoms with Gasteiger partial charge in [0.25, 0.3) is 0 Å². The summed E-state index contributed by atoms with van der Waals surface area (Å²) >= 11 is 5.92. The third kappa shape index (κ3) is 4.56. The van der Waals surface area contributed by atoms with Crippen molar-refractivity contribution in [1.29, 1.82) is 0 Å². The lowest BCUT2D eigenvalue weighted by atomic mass is 10.2. The number of anilines is 1. The summed E-state index contributed by atoms with van der Waals surface area (Å²) in [5, 5.41) is 0.515. The molecule has 5 nitrogen and oxygen atoms in total. The molecule has 0 heterocycles. The van der Waals surface area contributed by atoms with E-state index in [-0.39, 0.29) is 23.9 Å². The zero-order chi connectivity index (χ0) is 17.7. The number of nitrogens with one attached hydrogen (secondary N) is 1. The van der Waals surface area contributed by atoms with Crippen LogP contribution in [0.25, 0.3) is 0 Å². The van der Waals surface area contributed by atoms with E-state index in [0.29, 0.717) is 10.6 Å². The highest BCUT2D eigenvalue weighted by atomic mass is 35.5. The molecule has 0 spiro atoms. The van der Waals surface area contributed by atoms with E-state index in [0.717, 1.165) is 5.69 Å². The van der Waals surface area contributed by atoms with Crippen LogP contribution < -0.4 is 9.62 Å². The van der Waals surface area contributed by atoms with Crippen LogP contribution in [0.4, 0.5) is 5.69 Å². The van der Waals surface area contributed by atoms with E-state index in [1.54, 1.807) is 25.1 Å². The number of halogens is 1. The van der Waals surface area contributed by atoms with Crippen LogP contribution in [0, 0.1) is 6.92 Å². The van der Waals surface area contributed by atoms with Crippen LogP contribution in [0.15, 0.2) is 53.4 Å². The van der Waals surface area contributed by atoms with Gasteiger partial charge < -0.3 is 4.90 Å². The van der Waals surface area contributed by atoms with Gasteiger partial charge in [-0.3, -0.25) is 4.79 Å². The maximum atomic E-state index is 12.3. The minimum Gasteiger partial charge on any atom is -0.311 e. The van der Waals surface area contributed by atoms with Gasteiger partial charge in [-0.25, -0.2) is 13.1 Å². The van der Waals surface area contributed by atoms with E-state index < -0.39 is 10.0 Å². The van der Waals surface area contributed by atoms with Crippen molar-refractivity contribution in [1.82, 2.24) is 4.72 Å². The highest BCUT2D eigenvalue weighted by molar-refractivity contribution is 7.89. The van der Waals surface area contributed by atoms with Crippen LogP contribution in [0.5, 0.6) is 0 Å². The third-order valence-corrected chi connectivity index (χ3v) is 5.40. The summed E-state index contributed by atoms with van der Waals surface area (Å²) in [6.45, 7) is 3.54. The molecule has 1 N–H and O–H groups in total.